The Kier molecular flexibility index (Phi) is 3.87. The molecule has 1 aromatic heterocycles. The molecule has 0 aliphatic rings. The molecule has 1 aromatic carbocycles. The second-order valence-electron chi connectivity index (χ2n) is 4.40. The second kappa shape index (κ2) is 5.58. The van der Waals surface area contributed by atoms with Gasteiger partial charge in [0.1, 0.15) is 5.69 Å². The number of nitrogens with one attached hydrogen (secondary N) is 1. The van der Waals surface area contributed by atoms with E-state index in [-0.39, 0.29) is 18.2 Å². The average molecular weight is 257 g/mol. The largest absolute Gasteiger partial charge is 0.394 e. The van der Waals surface area contributed by atoms with Crippen molar-refractivity contribution in [1.82, 2.24) is 15.3 Å². The van der Waals surface area contributed by atoms with Crippen LogP contribution in [0.3, 0.4) is 0 Å². The van der Waals surface area contributed by atoms with Gasteiger partial charge in [-0.3, -0.25) is 9.78 Å². The predicted molar refractivity (Wildman–Crippen MR) is 70.4 cm³/mol. The SMILES string of the molecule is CC(CO)(NC(=O)c1cnccn1)c1ccccc1. The average Bonchev–Trinajstić information content (AvgIpc) is 2.49. The minimum Gasteiger partial charge on any atom is -0.394 e. The van der Waals surface area contributed by atoms with Crippen LogP contribution in [-0.4, -0.2) is 27.6 Å². The van der Waals surface area contributed by atoms with Crippen molar-refractivity contribution in [2.45, 2.75) is 12.5 Å². The molecule has 1 amide bonds. The van der Waals surface area contributed by atoms with E-state index >= 15 is 0 Å². The van der Waals surface area contributed by atoms with Crippen molar-refractivity contribution in [3.8, 4) is 0 Å². The van der Waals surface area contributed by atoms with Gasteiger partial charge in [-0.25, -0.2) is 4.98 Å². The first-order valence-electron chi connectivity index (χ1n) is 5.90. The van der Waals surface area contributed by atoms with E-state index < -0.39 is 5.54 Å². The van der Waals surface area contributed by atoms with Crippen molar-refractivity contribution in [2.75, 3.05) is 6.61 Å². The van der Waals surface area contributed by atoms with E-state index in [1.807, 2.05) is 30.3 Å². The van der Waals surface area contributed by atoms with Crippen LogP contribution in [0.25, 0.3) is 0 Å². The maximum Gasteiger partial charge on any atom is 0.272 e. The summed E-state index contributed by atoms with van der Waals surface area (Å²) in [7, 11) is 0. The lowest BCUT2D eigenvalue weighted by Crippen LogP contribution is -2.46. The number of carbonyl (C=O) groups is 1. The Labute approximate surface area is 111 Å². The number of hydrogen-bond donors (Lipinski definition) is 2. The number of aromatic nitrogens is 2. The molecule has 5 nitrogen and oxygen atoms in total. The summed E-state index contributed by atoms with van der Waals surface area (Å²) in [5.74, 6) is -0.367. The van der Waals surface area contributed by atoms with Crippen LogP contribution in [0.5, 0.6) is 0 Å². The Morgan fingerprint density at radius 1 is 1.32 bits per heavy atom. The van der Waals surface area contributed by atoms with Gasteiger partial charge in [-0.15, -0.1) is 0 Å². The number of rotatable bonds is 4. The Balaban J connectivity index is 2.22. The summed E-state index contributed by atoms with van der Waals surface area (Å²) in [5.41, 5.74) is 0.198. The Morgan fingerprint density at radius 2 is 2.05 bits per heavy atom. The molecule has 0 saturated carbocycles. The van der Waals surface area contributed by atoms with Crippen molar-refractivity contribution in [2.24, 2.45) is 0 Å². The predicted octanol–water partition coefficient (Wildman–Crippen LogP) is 1.11. The van der Waals surface area contributed by atoms with Crippen LogP contribution in [0, 0.1) is 0 Å². The van der Waals surface area contributed by atoms with Crippen molar-refractivity contribution < 1.29 is 9.90 Å². The molecule has 1 heterocycles. The lowest BCUT2D eigenvalue weighted by Gasteiger charge is -2.29. The molecule has 0 bridgehead atoms. The van der Waals surface area contributed by atoms with E-state index in [1.54, 1.807) is 6.92 Å². The van der Waals surface area contributed by atoms with Crippen LogP contribution in [0.15, 0.2) is 48.9 Å². The van der Waals surface area contributed by atoms with Crippen LogP contribution in [0.1, 0.15) is 23.0 Å². The number of amides is 1. The van der Waals surface area contributed by atoms with Crippen molar-refractivity contribution in [1.29, 1.82) is 0 Å². The molecule has 0 saturated heterocycles. The lowest BCUT2D eigenvalue weighted by molar-refractivity contribution is 0.0844. The van der Waals surface area contributed by atoms with Gasteiger partial charge in [0.15, 0.2) is 0 Å². The maximum absolute atomic E-state index is 12.1. The van der Waals surface area contributed by atoms with Crippen molar-refractivity contribution in [3.05, 3.63) is 60.2 Å². The fourth-order valence-electron chi connectivity index (χ4n) is 1.74. The zero-order chi connectivity index (χ0) is 13.7. The fraction of sp³-hybridized carbons (Fsp3) is 0.214. The molecule has 0 aliphatic carbocycles. The van der Waals surface area contributed by atoms with E-state index in [9.17, 15) is 9.90 Å². The van der Waals surface area contributed by atoms with Gasteiger partial charge in [-0.2, -0.15) is 0 Å². The van der Waals surface area contributed by atoms with E-state index in [0.29, 0.717) is 0 Å². The molecule has 0 aliphatic heterocycles. The minimum absolute atomic E-state index is 0.205. The third kappa shape index (κ3) is 2.95. The molecule has 5 heteroatoms. The van der Waals surface area contributed by atoms with E-state index in [0.717, 1.165) is 5.56 Å². The first-order valence-corrected chi connectivity index (χ1v) is 5.90. The smallest absolute Gasteiger partial charge is 0.272 e. The molecule has 19 heavy (non-hydrogen) atoms. The molecule has 0 spiro atoms. The second-order valence-corrected chi connectivity index (χ2v) is 4.40. The summed E-state index contributed by atoms with van der Waals surface area (Å²) in [6.45, 7) is 1.56. The number of aliphatic hydroxyl groups is 1. The van der Waals surface area contributed by atoms with Crippen LogP contribution < -0.4 is 5.32 Å². The molecule has 0 fully saturated rings. The van der Waals surface area contributed by atoms with E-state index in [2.05, 4.69) is 15.3 Å². The summed E-state index contributed by atoms with van der Waals surface area (Å²) in [5, 5.41) is 12.4. The Hall–Kier alpha value is -2.27. The standard InChI is InChI=1S/C14H15N3O2/c1-14(10-18,11-5-3-2-4-6-11)17-13(19)12-9-15-7-8-16-12/h2-9,18H,10H2,1H3,(H,17,19). The molecule has 1 atom stereocenters. The molecular formula is C14H15N3O2. The zero-order valence-corrected chi connectivity index (χ0v) is 10.6. The van der Waals surface area contributed by atoms with Gasteiger partial charge in [0.05, 0.1) is 18.3 Å². The molecular weight excluding hydrogens is 242 g/mol. The third-order valence-electron chi connectivity index (χ3n) is 2.91. The number of hydrogen-bond acceptors (Lipinski definition) is 4. The maximum atomic E-state index is 12.1. The van der Waals surface area contributed by atoms with Crippen LogP contribution in [0.4, 0.5) is 0 Å². The number of carbonyl (C=O) groups excluding carboxylic acids is 1. The highest BCUT2D eigenvalue weighted by molar-refractivity contribution is 5.92. The Morgan fingerprint density at radius 3 is 2.63 bits per heavy atom. The molecule has 98 valence electrons. The first kappa shape index (κ1) is 13.2. The molecule has 2 rings (SSSR count). The summed E-state index contributed by atoms with van der Waals surface area (Å²) in [4.78, 5) is 19.9. The van der Waals surface area contributed by atoms with Gasteiger partial charge in [0.25, 0.3) is 5.91 Å². The summed E-state index contributed by atoms with van der Waals surface area (Å²) in [6, 6.07) is 9.31. The van der Waals surface area contributed by atoms with Crippen molar-refractivity contribution >= 4 is 5.91 Å². The summed E-state index contributed by atoms with van der Waals surface area (Å²) < 4.78 is 0. The Bertz CT molecular complexity index is 545. The monoisotopic (exact) mass is 257 g/mol. The number of nitrogens with zero attached hydrogens (tertiary/aromatic N) is 2. The fourth-order valence-corrected chi connectivity index (χ4v) is 1.74. The minimum atomic E-state index is -0.851. The van der Waals surface area contributed by atoms with Gasteiger partial charge >= 0.3 is 0 Å². The van der Waals surface area contributed by atoms with Crippen LogP contribution >= 0.6 is 0 Å². The van der Waals surface area contributed by atoms with Gasteiger partial charge in [0.2, 0.25) is 0 Å². The molecule has 2 N–H and O–H groups in total. The van der Waals surface area contributed by atoms with Crippen molar-refractivity contribution in [3.63, 3.8) is 0 Å². The van der Waals surface area contributed by atoms with Crippen LogP contribution in [-0.2, 0) is 5.54 Å². The third-order valence-corrected chi connectivity index (χ3v) is 2.91. The highest BCUT2D eigenvalue weighted by atomic mass is 16.3. The molecule has 0 radical (unpaired) electrons. The quantitative estimate of drug-likeness (QED) is 0.860. The highest BCUT2D eigenvalue weighted by Gasteiger charge is 2.28. The number of benzene rings is 1. The normalized spacial score (nSPS) is 13.6. The molecule has 1 unspecified atom stereocenters. The lowest BCUT2D eigenvalue weighted by atomic mass is 9.93. The highest BCUT2D eigenvalue weighted by Crippen LogP contribution is 2.20. The van der Waals surface area contributed by atoms with Crippen LogP contribution in [0.2, 0.25) is 0 Å². The van der Waals surface area contributed by atoms with E-state index in [4.69, 9.17) is 0 Å². The topological polar surface area (TPSA) is 75.1 Å². The van der Waals surface area contributed by atoms with Gasteiger partial charge in [0, 0.05) is 12.4 Å². The summed E-state index contributed by atoms with van der Waals surface area (Å²) in [6.07, 6.45) is 4.34. The zero-order valence-electron chi connectivity index (χ0n) is 10.6. The number of aliphatic hydroxyl groups excluding tert-OH is 1. The van der Waals surface area contributed by atoms with Gasteiger partial charge in [-0.05, 0) is 12.5 Å². The first-order chi connectivity index (χ1) is 9.15. The van der Waals surface area contributed by atoms with Gasteiger partial charge in [-0.1, -0.05) is 30.3 Å². The summed E-state index contributed by atoms with van der Waals surface area (Å²) >= 11 is 0. The van der Waals surface area contributed by atoms with Gasteiger partial charge < -0.3 is 10.4 Å². The van der Waals surface area contributed by atoms with E-state index in [1.165, 1.54) is 18.6 Å². The molecule has 2 aromatic rings.